The minimum Gasteiger partial charge on any atom is -0.481 e. The minimum atomic E-state index is -0.661. The van der Waals surface area contributed by atoms with Gasteiger partial charge in [-0.3, -0.25) is 4.79 Å². The molecule has 0 fully saturated rings. The molecule has 21 heavy (non-hydrogen) atoms. The van der Waals surface area contributed by atoms with Crippen LogP contribution in [0.4, 0.5) is 0 Å². The Balaban J connectivity index is 2.81. The Labute approximate surface area is 128 Å². The topological polar surface area (TPSA) is 37.3 Å². The fourth-order valence-electron chi connectivity index (χ4n) is 2.73. The van der Waals surface area contributed by atoms with E-state index < -0.39 is 11.4 Å². The van der Waals surface area contributed by atoms with Gasteiger partial charge in [-0.25, -0.2) is 0 Å². The van der Waals surface area contributed by atoms with Crippen LogP contribution in [0.1, 0.15) is 58.4 Å². The lowest BCUT2D eigenvalue weighted by molar-refractivity contribution is -0.152. The molecule has 0 aliphatic carbocycles. The summed E-state index contributed by atoms with van der Waals surface area (Å²) in [6.07, 6.45) is 8.61. The van der Waals surface area contributed by atoms with Crippen molar-refractivity contribution in [3.05, 3.63) is 42.0 Å². The Hall–Kier alpha value is -1.57. The lowest BCUT2D eigenvalue weighted by Crippen LogP contribution is -2.36. The second-order valence-electron chi connectivity index (χ2n) is 6.09. The van der Waals surface area contributed by atoms with Crippen LogP contribution in [0.2, 0.25) is 0 Å². The minimum absolute atomic E-state index is 0.132. The standard InChI is InChI=1S/C19H28O2/c1-4-5-9-14-19(16(2)3,18(20)21)15-10-13-17-11-7-6-8-12-17/h6-8,10-13,16H,4-5,9,14-15H2,1-3H3,(H,20,21). The average molecular weight is 288 g/mol. The van der Waals surface area contributed by atoms with Crippen molar-refractivity contribution in [2.45, 2.75) is 52.9 Å². The third kappa shape index (κ3) is 5.04. The van der Waals surface area contributed by atoms with Gasteiger partial charge in [0.05, 0.1) is 5.41 Å². The van der Waals surface area contributed by atoms with Crippen LogP contribution in [0.3, 0.4) is 0 Å². The quantitative estimate of drug-likeness (QED) is 0.618. The van der Waals surface area contributed by atoms with Gasteiger partial charge in [0.2, 0.25) is 0 Å². The molecule has 1 aromatic carbocycles. The molecule has 0 aromatic heterocycles. The van der Waals surface area contributed by atoms with Crippen molar-refractivity contribution in [2.24, 2.45) is 11.3 Å². The number of hydrogen-bond donors (Lipinski definition) is 1. The van der Waals surface area contributed by atoms with Crippen molar-refractivity contribution >= 4 is 12.0 Å². The molecule has 0 saturated carbocycles. The lowest BCUT2D eigenvalue weighted by atomic mass is 9.71. The smallest absolute Gasteiger partial charge is 0.310 e. The van der Waals surface area contributed by atoms with Crippen molar-refractivity contribution < 1.29 is 9.90 Å². The summed E-state index contributed by atoms with van der Waals surface area (Å²) in [5, 5.41) is 9.76. The van der Waals surface area contributed by atoms with Gasteiger partial charge in [0.25, 0.3) is 0 Å². The Morgan fingerprint density at radius 3 is 2.43 bits per heavy atom. The molecule has 0 aliphatic heterocycles. The second kappa shape index (κ2) is 8.66. The summed E-state index contributed by atoms with van der Waals surface area (Å²) in [5.74, 6) is -0.529. The van der Waals surface area contributed by atoms with Gasteiger partial charge in [-0.15, -0.1) is 0 Å². The first-order chi connectivity index (χ1) is 10.0. The summed E-state index contributed by atoms with van der Waals surface area (Å²) < 4.78 is 0. The maximum Gasteiger partial charge on any atom is 0.310 e. The Kier molecular flexibility index (Phi) is 7.21. The highest BCUT2D eigenvalue weighted by Crippen LogP contribution is 2.38. The zero-order valence-electron chi connectivity index (χ0n) is 13.5. The molecule has 116 valence electrons. The molecular weight excluding hydrogens is 260 g/mol. The molecule has 0 radical (unpaired) electrons. The van der Waals surface area contributed by atoms with E-state index in [4.69, 9.17) is 0 Å². The van der Waals surface area contributed by atoms with Crippen molar-refractivity contribution in [1.82, 2.24) is 0 Å². The molecule has 0 aliphatic rings. The highest BCUT2D eigenvalue weighted by molar-refractivity contribution is 5.75. The molecule has 1 aromatic rings. The molecule has 0 bridgehead atoms. The van der Waals surface area contributed by atoms with Crippen molar-refractivity contribution in [2.75, 3.05) is 0 Å². The van der Waals surface area contributed by atoms with Crippen molar-refractivity contribution in [1.29, 1.82) is 0 Å². The predicted molar refractivity (Wildman–Crippen MR) is 89.1 cm³/mol. The molecular formula is C19H28O2. The van der Waals surface area contributed by atoms with Crippen LogP contribution in [0, 0.1) is 11.3 Å². The first-order valence-electron chi connectivity index (χ1n) is 7.98. The van der Waals surface area contributed by atoms with Crippen molar-refractivity contribution in [3.8, 4) is 0 Å². The van der Waals surface area contributed by atoms with Crippen LogP contribution >= 0.6 is 0 Å². The molecule has 1 unspecified atom stereocenters. The van der Waals surface area contributed by atoms with E-state index in [1.165, 1.54) is 0 Å². The fraction of sp³-hybridized carbons (Fsp3) is 0.526. The number of carboxylic acid groups (broad SMARTS) is 1. The molecule has 2 nitrogen and oxygen atoms in total. The van der Waals surface area contributed by atoms with E-state index in [0.717, 1.165) is 31.2 Å². The highest BCUT2D eigenvalue weighted by Gasteiger charge is 2.39. The van der Waals surface area contributed by atoms with Crippen LogP contribution in [0.15, 0.2) is 36.4 Å². The number of hydrogen-bond acceptors (Lipinski definition) is 1. The van der Waals surface area contributed by atoms with E-state index in [-0.39, 0.29) is 5.92 Å². The number of benzene rings is 1. The van der Waals surface area contributed by atoms with E-state index >= 15 is 0 Å². The summed E-state index contributed by atoms with van der Waals surface area (Å²) in [6.45, 7) is 6.19. The summed E-state index contributed by atoms with van der Waals surface area (Å²) in [7, 11) is 0. The molecule has 2 heteroatoms. The molecule has 0 heterocycles. The number of carboxylic acids is 1. The highest BCUT2D eigenvalue weighted by atomic mass is 16.4. The van der Waals surface area contributed by atoms with Gasteiger partial charge in [0.1, 0.15) is 0 Å². The van der Waals surface area contributed by atoms with E-state index in [9.17, 15) is 9.90 Å². The summed E-state index contributed by atoms with van der Waals surface area (Å²) in [6, 6.07) is 10.0. The van der Waals surface area contributed by atoms with Crippen LogP contribution < -0.4 is 0 Å². The second-order valence-corrected chi connectivity index (χ2v) is 6.09. The first-order valence-corrected chi connectivity index (χ1v) is 7.98. The van der Waals surface area contributed by atoms with Gasteiger partial charge in [0, 0.05) is 0 Å². The summed E-state index contributed by atoms with van der Waals surface area (Å²) >= 11 is 0. The Morgan fingerprint density at radius 2 is 1.90 bits per heavy atom. The van der Waals surface area contributed by atoms with Crippen LogP contribution in [0.5, 0.6) is 0 Å². The van der Waals surface area contributed by atoms with Crippen LogP contribution in [-0.4, -0.2) is 11.1 Å². The monoisotopic (exact) mass is 288 g/mol. The van der Waals surface area contributed by atoms with Gasteiger partial charge in [-0.1, -0.05) is 82.5 Å². The Bertz CT molecular complexity index is 448. The molecule has 1 N–H and O–H groups in total. The summed E-state index contributed by atoms with van der Waals surface area (Å²) in [4.78, 5) is 11.9. The maximum absolute atomic E-state index is 11.9. The number of rotatable bonds is 9. The maximum atomic E-state index is 11.9. The Morgan fingerprint density at radius 1 is 1.24 bits per heavy atom. The predicted octanol–water partition coefficient (Wildman–Crippen LogP) is 5.40. The number of carbonyl (C=O) groups is 1. The van der Waals surface area contributed by atoms with Gasteiger partial charge in [0.15, 0.2) is 0 Å². The van der Waals surface area contributed by atoms with E-state index in [0.29, 0.717) is 6.42 Å². The fourth-order valence-corrected chi connectivity index (χ4v) is 2.73. The van der Waals surface area contributed by atoms with Crippen LogP contribution in [-0.2, 0) is 4.79 Å². The van der Waals surface area contributed by atoms with Gasteiger partial charge >= 0.3 is 5.97 Å². The normalized spacial score (nSPS) is 14.5. The molecule has 0 spiro atoms. The van der Waals surface area contributed by atoms with E-state index in [1.807, 2.05) is 56.3 Å². The first kappa shape index (κ1) is 17.5. The number of allylic oxidation sites excluding steroid dienone is 1. The van der Waals surface area contributed by atoms with Gasteiger partial charge in [-0.05, 0) is 24.3 Å². The largest absolute Gasteiger partial charge is 0.481 e. The zero-order valence-corrected chi connectivity index (χ0v) is 13.5. The molecule has 0 saturated heterocycles. The SMILES string of the molecule is CCCCCC(CC=Cc1ccccc1)(C(=O)O)C(C)C. The zero-order chi connectivity index (χ0) is 15.7. The third-order valence-electron chi connectivity index (χ3n) is 4.35. The van der Waals surface area contributed by atoms with E-state index in [1.54, 1.807) is 0 Å². The lowest BCUT2D eigenvalue weighted by Gasteiger charge is -2.32. The average Bonchev–Trinajstić information content (AvgIpc) is 2.46. The van der Waals surface area contributed by atoms with Gasteiger partial charge < -0.3 is 5.11 Å². The molecule has 1 rings (SSSR count). The number of aliphatic carboxylic acids is 1. The van der Waals surface area contributed by atoms with Crippen molar-refractivity contribution in [3.63, 3.8) is 0 Å². The summed E-state index contributed by atoms with van der Waals surface area (Å²) in [5.41, 5.74) is 0.481. The van der Waals surface area contributed by atoms with Gasteiger partial charge in [-0.2, -0.15) is 0 Å². The molecule has 1 atom stereocenters. The third-order valence-corrected chi connectivity index (χ3v) is 4.35. The van der Waals surface area contributed by atoms with Crippen LogP contribution in [0.25, 0.3) is 6.08 Å². The molecule has 0 amide bonds. The van der Waals surface area contributed by atoms with E-state index in [2.05, 4.69) is 6.92 Å². The number of unbranched alkanes of at least 4 members (excludes halogenated alkanes) is 2.